The number of benzene rings is 1. The van der Waals surface area contributed by atoms with Gasteiger partial charge in [-0.1, -0.05) is 34.5 Å². The molecule has 1 aliphatic rings. The molecule has 0 bridgehead atoms. The minimum absolute atomic E-state index is 0.103. The standard InChI is InChI=1S/C15H20BrNO2/c1-19-13-6-2-4-11(8-13)9-15(18)17-14-7-3-5-12(14)10-16/h2,4,6,8,12,14H,3,5,7,9-10H2,1H3,(H,17,18). The van der Waals surface area contributed by atoms with E-state index >= 15 is 0 Å². The van der Waals surface area contributed by atoms with Gasteiger partial charge in [0.15, 0.2) is 0 Å². The van der Waals surface area contributed by atoms with Crippen LogP contribution in [0.25, 0.3) is 0 Å². The van der Waals surface area contributed by atoms with E-state index < -0.39 is 0 Å². The Morgan fingerprint density at radius 3 is 3.05 bits per heavy atom. The lowest BCUT2D eigenvalue weighted by atomic mass is 10.1. The van der Waals surface area contributed by atoms with Crippen LogP contribution in [0, 0.1) is 5.92 Å². The third-order valence-corrected chi connectivity index (χ3v) is 4.53. The number of amides is 1. The predicted molar refractivity (Wildman–Crippen MR) is 79.8 cm³/mol. The number of rotatable bonds is 5. The average Bonchev–Trinajstić information content (AvgIpc) is 2.86. The normalized spacial score (nSPS) is 22.2. The molecule has 0 saturated heterocycles. The van der Waals surface area contributed by atoms with Crippen molar-refractivity contribution in [1.82, 2.24) is 5.32 Å². The number of ether oxygens (including phenoxy) is 1. The van der Waals surface area contributed by atoms with Gasteiger partial charge in [-0.05, 0) is 36.5 Å². The van der Waals surface area contributed by atoms with Crippen LogP contribution in [0.4, 0.5) is 0 Å². The zero-order valence-corrected chi connectivity index (χ0v) is 12.8. The van der Waals surface area contributed by atoms with Crippen molar-refractivity contribution in [3.05, 3.63) is 29.8 Å². The Morgan fingerprint density at radius 2 is 2.32 bits per heavy atom. The number of hydrogen-bond acceptors (Lipinski definition) is 2. The zero-order chi connectivity index (χ0) is 13.7. The smallest absolute Gasteiger partial charge is 0.224 e. The maximum absolute atomic E-state index is 12.1. The average molecular weight is 326 g/mol. The summed E-state index contributed by atoms with van der Waals surface area (Å²) in [5.41, 5.74) is 0.991. The molecule has 1 amide bonds. The van der Waals surface area contributed by atoms with Crippen molar-refractivity contribution < 1.29 is 9.53 Å². The number of alkyl halides is 1. The Labute approximate surface area is 122 Å². The fourth-order valence-electron chi connectivity index (χ4n) is 2.64. The zero-order valence-electron chi connectivity index (χ0n) is 11.2. The molecule has 4 heteroatoms. The van der Waals surface area contributed by atoms with E-state index in [4.69, 9.17) is 4.74 Å². The van der Waals surface area contributed by atoms with Crippen LogP contribution in [0.3, 0.4) is 0 Å². The first kappa shape index (κ1) is 14.4. The van der Waals surface area contributed by atoms with Crippen LogP contribution in [-0.4, -0.2) is 24.4 Å². The van der Waals surface area contributed by atoms with Crippen molar-refractivity contribution in [2.24, 2.45) is 5.92 Å². The van der Waals surface area contributed by atoms with Gasteiger partial charge < -0.3 is 10.1 Å². The number of carbonyl (C=O) groups is 1. The van der Waals surface area contributed by atoms with Crippen LogP contribution < -0.4 is 10.1 Å². The summed E-state index contributed by atoms with van der Waals surface area (Å²) in [4.78, 5) is 12.1. The number of nitrogens with one attached hydrogen (secondary N) is 1. The summed E-state index contributed by atoms with van der Waals surface area (Å²) in [5.74, 6) is 1.48. The Bertz CT molecular complexity index is 436. The molecule has 0 heterocycles. The van der Waals surface area contributed by atoms with Gasteiger partial charge in [0, 0.05) is 11.4 Å². The molecule has 3 nitrogen and oxygen atoms in total. The number of carbonyl (C=O) groups excluding carboxylic acids is 1. The second-order valence-corrected chi connectivity index (χ2v) is 5.70. The fraction of sp³-hybridized carbons (Fsp3) is 0.533. The van der Waals surface area contributed by atoms with Crippen LogP contribution in [0.15, 0.2) is 24.3 Å². The summed E-state index contributed by atoms with van der Waals surface area (Å²) in [6.07, 6.45) is 3.93. The molecule has 1 aromatic carbocycles. The van der Waals surface area contributed by atoms with Gasteiger partial charge in [0.2, 0.25) is 5.91 Å². The first-order valence-electron chi connectivity index (χ1n) is 6.71. The number of hydrogen-bond donors (Lipinski definition) is 1. The highest BCUT2D eigenvalue weighted by molar-refractivity contribution is 9.09. The maximum Gasteiger partial charge on any atom is 0.224 e. The van der Waals surface area contributed by atoms with Crippen molar-refractivity contribution in [2.75, 3.05) is 12.4 Å². The minimum atomic E-state index is 0.103. The van der Waals surface area contributed by atoms with E-state index in [-0.39, 0.29) is 5.91 Å². The molecule has 19 heavy (non-hydrogen) atoms. The fourth-order valence-corrected chi connectivity index (χ4v) is 3.41. The molecular weight excluding hydrogens is 306 g/mol. The van der Waals surface area contributed by atoms with E-state index in [1.807, 2.05) is 24.3 Å². The van der Waals surface area contributed by atoms with E-state index in [9.17, 15) is 4.79 Å². The van der Waals surface area contributed by atoms with Crippen LogP contribution in [-0.2, 0) is 11.2 Å². The summed E-state index contributed by atoms with van der Waals surface area (Å²) in [6, 6.07) is 8.00. The van der Waals surface area contributed by atoms with E-state index in [0.29, 0.717) is 18.4 Å². The van der Waals surface area contributed by atoms with Crippen molar-refractivity contribution in [2.45, 2.75) is 31.7 Å². The first-order valence-corrected chi connectivity index (χ1v) is 7.83. The van der Waals surface area contributed by atoms with Gasteiger partial charge in [-0.25, -0.2) is 0 Å². The highest BCUT2D eigenvalue weighted by Gasteiger charge is 2.27. The molecule has 0 aliphatic heterocycles. The van der Waals surface area contributed by atoms with E-state index in [0.717, 1.165) is 23.1 Å². The van der Waals surface area contributed by atoms with Crippen molar-refractivity contribution in [3.8, 4) is 5.75 Å². The van der Waals surface area contributed by atoms with Gasteiger partial charge in [-0.15, -0.1) is 0 Å². The van der Waals surface area contributed by atoms with Crippen LogP contribution in [0.5, 0.6) is 5.75 Å². The van der Waals surface area contributed by atoms with Crippen LogP contribution in [0.2, 0.25) is 0 Å². The van der Waals surface area contributed by atoms with E-state index in [2.05, 4.69) is 21.2 Å². The summed E-state index contributed by atoms with van der Waals surface area (Å²) in [6.45, 7) is 0. The summed E-state index contributed by atoms with van der Waals surface area (Å²) in [7, 11) is 1.64. The van der Waals surface area contributed by atoms with Gasteiger partial charge >= 0.3 is 0 Å². The lowest BCUT2D eigenvalue weighted by Crippen LogP contribution is -2.38. The summed E-state index contributed by atoms with van der Waals surface area (Å²) >= 11 is 3.52. The molecular formula is C15H20BrNO2. The van der Waals surface area contributed by atoms with Gasteiger partial charge in [0.1, 0.15) is 5.75 Å². The highest BCUT2D eigenvalue weighted by Crippen LogP contribution is 2.27. The molecule has 1 saturated carbocycles. The number of halogens is 1. The Morgan fingerprint density at radius 1 is 1.47 bits per heavy atom. The Kier molecular flexibility index (Phi) is 5.25. The van der Waals surface area contributed by atoms with Gasteiger partial charge in [-0.2, -0.15) is 0 Å². The maximum atomic E-state index is 12.1. The minimum Gasteiger partial charge on any atom is -0.497 e. The molecule has 2 unspecified atom stereocenters. The lowest BCUT2D eigenvalue weighted by molar-refractivity contribution is -0.121. The molecule has 2 atom stereocenters. The molecule has 104 valence electrons. The molecule has 0 spiro atoms. The van der Waals surface area contributed by atoms with Crippen molar-refractivity contribution in [3.63, 3.8) is 0 Å². The van der Waals surface area contributed by atoms with Crippen LogP contribution in [0.1, 0.15) is 24.8 Å². The third-order valence-electron chi connectivity index (χ3n) is 3.70. The summed E-state index contributed by atoms with van der Waals surface area (Å²) in [5, 5.41) is 4.13. The molecule has 1 N–H and O–H groups in total. The molecule has 2 rings (SSSR count). The predicted octanol–water partition coefficient (Wildman–Crippen LogP) is 2.92. The van der Waals surface area contributed by atoms with Crippen molar-refractivity contribution >= 4 is 21.8 Å². The molecule has 1 fully saturated rings. The topological polar surface area (TPSA) is 38.3 Å². The molecule has 1 aliphatic carbocycles. The first-order chi connectivity index (χ1) is 9.22. The number of methoxy groups -OCH3 is 1. The van der Waals surface area contributed by atoms with Gasteiger partial charge in [0.25, 0.3) is 0 Å². The van der Waals surface area contributed by atoms with Gasteiger partial charge in [0.05, 0.1) is 13.5 Å². The van der Waals surface area contributed by atoms with E-state index in [1.165, 1.54) is 12.8 Å². The largest absolute Gasteiger partial charge is 0.497 e. The Balaban J connectivity index is 1.90. The third kappa shape index (κ3) is 3.96. The highest BCUT2D eigenvalue weighted by atomic mass is 79.9. The van der Waals surface area contributed by atoms with Crippen molar-refractivity contribution in [1.29, 1.82) is 0 Å². The molecule has 0 radical (unpaired) electrons. The second kappa shape index (κ2) is 6.94. The van der Waals surface area contributed by atoms with E-state index in [1.54, 1.807) is 7.11 Å². The lowest BCUT2D eigenvalue weighted by Gasteiger charge is -2.19. The molecule has 1 aromatic rings. The SMILES string of the molecule is COc1cccc(CC(=O)NC2CCCC2CBr)c1. The monoisotopic (exact) mass is 325 g/mol. The Hall–Kier alpha value is -1.03. The molecule has 0 aromatic heterocycles. The van der Waals surface area contributed by atoms with Gasteiger partial charge in [-0.3, -0.25) is 4.79 Å². The van der Waals surface area contributed by atoms with Crippen LogP contribution >= 0.6 is 15.9 Å². The quantitative estimate of drug-likeness (QED) is 0.845. The summed E-state index contributed by atoms with van der Waals surface area (Å²) < 4.78 is 5.17. The second-order valence-electron chi connectivity index (χ2n) is 5.05.